The van der Waals surface area contributed by atoms with E-state index < -0.39 is 17.7 Å². The smallest absolute Gasteiger partial charge is 0.295 e. The van der Waals surface area contributed by atoms with Crippen LogP contribution < -0.4 is 4.74 Å². The van der Waals surface area contributed by atoms with E-state index in [2.05, 4.69) is 6.92 Å². The predicted molar refractivity (Wildman–Crippen MR) is 124 cm³/mol. The summed E-state index contributed by atoms with van der Waals surface area (Å²) in [6.45, 7) is 7.13. The number of hydrogen-bond acceptors (Lipinski definition) is 5. The fourth-order valence-electron chi connectivity index (χ4n) is 3.84. The number of nitrogens with zero attached hydrogens (tertiary/aromatic N) is 1. The fourth-order valence-corrected chi connectivity index (χ4v) is 3.84. The summed E-state index contributed by atoms with van der Waals surface area (Å²) in [4.78, 5) is 27.3. The number of aryl methyl sites for hydroxylation is 2. The Morgan fingerprint density at radius 3 is 2.41 bits per heavy atom. The molecule has 32 heavy (non-hydrogen) atoms. The standard InChI is InChI=1S/C26H31NO5/c1-5-6-14-32-21-12-11-20(16-18(21)3)24(28)22-23(19-9-7-17(2)8-10-19)27(13-15-31-4)26(30)25(22)29/h7-12,16,23,28H,5-6,13-15H2,1-4H3. The Hall–Kier alpha value is -3.12. The summed E-state index contributed by atoms with van der Waals surface area (Å²) in [7, 11) is 1.55. The van der Waals surface area contributed by atoms with Gasteiger partial charge >= 0.3 is 0 Å². The highest BCUT2D eigenvalue weighted by atomic mass is 16.5. The molecule has 1 aliphatic heterocycles. The Morgan fingerprint density at radius 1 is 1.06 bits per heavy atom. The van der Waals surface area contributed by atoms with Crippen molar-refractivity contribution >= 4 is 17.4 Å². The molecule has 1 N–H and O–H groups in total. The third-order valence-corrected chi connectivity index (χ3v) is 5.67. The SMILES string of the molecule is CCCCOc1ccc(C(O)=C2C(=O)C(=O)N(CCOC)C2c2ccc(C)cc2)cc1C. The number of Topliss-reactive ketones (excluding diaryl/α,β-unsaturated/α-hetero) is 1. The molecule has 170 valence electrons. The molecule has 1 saturated heterocycles. The quantitative estimate of drug-likeness (QED) is 0.270. The summed E-state index contributed by atoms with van der Waals surface area (Å²) in [6.07, 6.45) is 2.00. The highest BCUT2D eigenvalue weighted by molar-refractivity contribution is 6.46. The molecule has 0 aliphatic carbocycles. The Bertz CT molecular complexity index is 1010. The minimum Gasteiger partial charge on any atom is -0.507 e. The average molecular weight is 438 g/mol. The van der Waals surface area contributed by atoms with E-state index in [4.69, 9.17) is 9.47 Å². The van der Waals surface area contributed by atoms with Crippen LogP contribution >= 0.6 is 0 Å². The van der Waals surface area contributed by atoms with Gasteiger partial charge in [-0.05, 0) is 49.6 Å². The van der Waals surface area contributed by atoms with E-state index in [1.165, 1.54) is 4.90 Å². The van der Waals surface area contributed by atoms with Crippen LogP contribution in [-0.4, -0.2) is 48.6 Å². The van der Waals surface area contributed by atoms with Gasteiger partial charge in [0.2, 0.25) is 0 Å². The van der Waals surface area contributed by atoms with Gasteiger partial charge in [0.05, 0.1) is 24.8 Å². The minimum absolute atomic E-state index is 0.0917. The molecular formula is C26H31NO5. The van der Waals surface area contributed by atoms with Crippen molar-refractivity contribution in [2.45, 2.75) is 39.7 Å². The number of amides is 1. The third-order valence-electron chi connectivity index (χ3n) is 5.67. The number of carbonyl (C=O) groups is 2. The maximum atomic E-state index is 13.0. The number of benzene rings is 2. The van der Waals surface area contributed by atoms with E-state index in [1.54, 1.807) is 25.3 Å². The van der Waals surface area contributed by atoms with Gasteiger partial charge in [0.1, 0.15) is 11.5 Å². The number of ether oxygens (including phenoxy) is 2. The number of aliphatic hydroxyl groups is 1. The van der Waals surface area contributed by atoms with Crippen LogP contribution in [0.2, 0.25) is 0 Å². The number of carbonyl (C=O) groups excluding carboxylic acids is 2. The van der Waals surface area contributed by atoms with Crippen molar-refractivity contribution in [1.82, 2.24) is 4.90 Å². The van der Waals surface area contributed by atoms with Gasteiger partial charge in [-0.25, -0.2) is 0 Å². The van der Waals surface area contributed by atoms with Gasteiger partial charge < -0.3 is 19.5 Å². The monoisotopic (exact) mass is 437 g/mol. The van der Waals surface area contributed by atoms with Crippen LogP contribution in [0.3, 0.4) is 0 Å². The molecule has 0 radical (unpaired) electrons. The largest absolute Gasteiger partial charge is 0.507 e. The Kier molecular flexibility index (Phi) is 7.70. The molecule has 1 heterocycles. The molecule has 0 spiro atoms. The minimum atomic E-state index is -0.690. The van der Waals surface area contributed by atoms with Crippen LogP contribution in [0.25, 0.3) is 5.76 Å². The van der Waals surface area contributed by atoms with Crippen LogP contribution in [0.1, 0.15) is 48.1 Å². The molecule has 6 heteroatoms. The summed E-state index contributed by atoms with van der Waals surface area (Å²) in [5.74, 6) is -0.766. The van der Waals surface area contributed by atoms with Crippen molar-refractivity contribution < 1.29 is 24.2 Å². The molecule has 2 aromatic carbocycles. The van der Waals surface area contributed by atoms with E-state index >= 15 is 0 Å². The average Bonchev–Trinajstić information content (AvgIpc) is 3.03. The molecule has 1 unspecified atom stereocenters. The lowest BCUT2D eigenvalue weighted by atomic mass is 9.94. The summed E-state index contributed by atoms with van der Waals surface area (Å²) in [6, 6.07) is 12.2. The van der Waals surface area contributed by atoms with Crippen LogP contribution in [0.15, 0.2) is 48.0 Å². The van der Waals surface area contributed by atoms with Gasteiger partial charge in [0.15, 0.2) is 0 Å². The number of likely N-dealkylation sites (tertiary alicyclic amines) is 1. The van der Waals surface area contributed by atoms with Crippen molar-refractivity contribution in [1.29, 1.82) is 0 Å². The first kappa shape index (κ1) is 23.5. The van der Waals surface area contributed by atoms with Crippen molar-refractivity contribution in [3.63, 3.8) is 0 Å². The van der Waals surface area contributed by atoms with E-state index in [0.717, 1.165) is 35.3 Å². The van der Waals surface area contributed by atoms with Gasteiger partial charge in [-0.3, -0.25) is 9.59 Å². The summed E-state index contributed by atoms with van der Waals surface area (Å²) in [5.41, 5.74) is 3.26. The van der Waals surface area contributed by atoms with Crippen LogP contribution in [0.4, 0.5) is 0 Å². The topological polar surface area (TPSA) is 76.1 Å². The van der Waals surface area contributed by atoms with Gasteiger partial charge in [-0.1, -0.05) is 43.2 Å². The number of ketones is 1. The van der Waals surface area contributed by atoms with E-state index in [9.17, 15) is 14.7 Å². The predicted octanol–water partition coefficient (Wildman–Crippen LogP) is 4.55. The Morgan fingerprint density at radius 2 is 1.78 bits per heavy atom. The fraction of sp³-hybridized carbons (Fsp3) is 0.385. The Labute approximate surface area is 189 Å². The molecule has 3 rings (SSSR count). The molecular weight excluding hydrogens is 406 g/mol. The second-order valence-corrected chi connectivity index (χ2v) is 8.08. The number of aliphatic hydroxyl groups excluding tert-OH is 1. The van der Waals surface area contributed by atoms with Crippen molar-refractivity contribution in [2.75, 3.05) is 26.9 Å². The number of hydrogen-bond donors (Lipinski definition) is 1. The summed E-state index contributed by atoms with van der Waals surface area (Å²) < 4.78 is 10.9. The molecule has 2 aromatic rings. The number of methoxy groups -OCH3 is 1. The van der Waals surface area contributed by atoms with E-state index in [1.807, 2.05) is 38.1 Å². The van der Waals surface area contributed by atoms with Crippen molar-refractivity contribution in [3.05, 3.63) is 70.3 Å². The zero-order valence-electron chi connectivity index (χ0n) is 19.2. The van der Waals surface area contributed by atoms with Crippen LogP contribution in [0, 0.1) is 13.8 Å². The first-order valence-electron chi connectivity index (χ1n) is 11.0. The number of unbranched alkanes of at least 4 members (excludes halogenated alkanes) is 1. The first-order valence-corrected chi connectivity index (χ1v) is 11.0. The third kappa shape index (κ3) is 4.86. The molecule has 1 amide bonds. The molecule has 0 bridgehead atoms. The first-order chi connectivity index (χ1) is 15.4. The van der Waals surface area contributed by atoms with E-state index in [-0.39, 0.29) is 17.9 Å². The molecule has 1 aliphatic rings. The maximum Gasteiger partial charge on any atom is 0.295 e. The van der Waals surface area contributed by atoms with Crippen LogP contribution in [-0.2, 0) is 14.3 Å². The molecule has 0 saturated carbocycles. The number of rotatable bonds is 9. The van der Waals surface area contributed by atoms with Crippen LogP contribution in [0.5, 0.6) is 5.75 Å². The lowest BCUT2D eigenvalue weighted by Crippen LogP contribution is -2.32. The highest BCUT2D eigenvalue weighted by Crippen LogP contribution is 2.39. The normalized spacial score (nSPS) is 17.8. The Balaban J connectivity index is 2.04. The van der Waals surface area contributed by atoms with E-state index in [0.29, 0.717) is 18.8 Å². The lowest BCUT2D eigenvalue weighted by molar-refractivity contribution is -0.140. The van der Waals surface area contributed by atoms with Crippen molar-refractivity contribution in [3.8, 4) is 5.75 Å². The lowest BCUT2D eigenvalue weighted by Gasteiger charge is -2.25. The molecule has 6 nitrogen and oxygen atoms in total. The second-order valence-electron chi connectivity index (χ2n) is 8.08. The maximum absolute atomic E-state index is 13.0. The van der Waals surface area contributed by atoms with Gasteiger partial charge in [0.25, 0.3) is 11.7 Å². The molecule has 1 fully saturated rings. The summed E-state index contributed by atoms with van der Waals surface area (Å²) >= 11 is 0. The summed E-state index contributed by atoms with van der Waals surface area (Å²) in [5, 5.41) is 11.2. The van der Waals surface area contributed by atoms with Gasteiger partial charge in [0, 0.05) is 19.2 Å². The zero-order chi connectivity index (χ0) is 23.3. The highest BCUT2D eigenvalue weighted by Gasteiger charge is 2.45. The van der Waals surface area contributed by atoms with Gasteiger partial charge in [-0.15, -0.1) is 0 Å². The molecule has 1 atom stereocenters. The van der Waals surface area contributed by atoms with Gasteiger partial charge in [-0.2, -0.15) is 0 Å². The molecule has 0 aromatic heterocycles. The zero-order valence-corrected chi connectivity index (χ0v) is 19.2. The van der Waals surface area contributed by atoms with Crippen molar-refractivity contribution in [2.24, 2.45) is 0 Å². The second kappa shape index (κ2) is 10.5.